The van der Waals surface area contributed by atoms with Gasteiger partial charge in [0.05, 0.1) is 11.8 Å². The highest BCUT2D eigenvalue weighted by atomic mass is 19.1. The lowest BCUT2D eigenvalue weighted by Crippen LogP contribution is -2.26. The first-order chi connectivity index (χ1) is 9.16. The van der Waals surface area contributed by atoms with Crippen molar-refractivity contribution in [3.8, 4) is 0 Å². The average Bonchev–Trinajstić information content (AvgIpc) is 2.39. The minimum Gasteiger partial charge on any atom is -0.352 e. The molecule has 0 unspecified atom stereocenters. The zero-order valence-corrected chi connectivity index (χ0v) is 10.1. The Hall–Kier alpha value is -2.30. The quantitative estimate of drug-likeness (QED) is 0.918. The SMILES string of the molecule is O=C(NCCc1cccc(F)c1)c1ccncc1F. The van der Waals surface area contributed by atoms with Crippen molar-refractivity contribution in [2.24, 2.45) is 0 Å². The number of rotatable bonds is 4. The summed E-state index contributed by atoms with van der Waals surface area (Å²) in [6.45, 7) is 0.310. The van der Waals surface area contributed by atoms with Crippen LogP contribution in [0.25, 0.3) is 0 Å². The van der Waals surface area contributed by atoms with Gasteiger partial charge >= 0.3 is 0 Å². The number of carbonyl (C=O) groups is 1. The Bertz CT molecular complexity index is 587. The summed E-state index contributed by atoms with van der Waals surface area (Å²) in [6, 6.07) is 7.44. The van der Waals surface area contributed by atoms with Crippen LogP contribution >= 0.6 is 0 Å². The van der Waals surface area contributed by atoms with E-state index in [9.17, 15) is 13.6 Å². The Morgan fingerprint density at radius 1 is 1.26 bits per heavy atom. The number of halogens is 2. The van der Waals surface area contributed by atoms with Crippen LogP contribution in [0.1, 0.15) is 15.9 Å². The number of carbonyl (C=O) groups excluding carboxylic acids is 1. The first kappa shape index (κ1) is 13.1. The molecular formula is C14H12F2N2O. The minimum absolute atomic E-state index is 0.0470. The van der Waals surface area contributed by atoms with Crippen LogP contribution < -0.4 is 5.32 Å². The van der Waals surface area contributed by atoms with Gasteiger partial charge in [-0.15, -0.1) is 0 Å². The van der Waals surface area contributed by atoms with Crippen LogP contribution in [0.3, 0.4) is 0 Å². The molecule has 3 nitrogen and oxygen atoms in total. The van der Waals surface area contributed by atoms with Crippen molar-refractivity contribution >= 4 is 5.91 Å². The maximum Gasteiger partial charge on any atom is 0.254 e. The normalized spacial score (nSPS) is 10.2. The molecule has 0 saturated carbocycles. The van der Waals surface area contributed by atoms with E-state index in [0.717, 1.165) is 11.8 Å². The van der Waals surface area contributed by atoms with Gasteiger partial charge in [0, 0.05) is 12.7 Å². The largest absolute Gasteiger partial charge is 0.352 e. The standard InChI is InChI=1S/C14H12F2N2O/c15-11-3-1-2-10(8-11)4-7-18-14(19)12-5-6-17-9-13(12)16/h1-3,5-6,8-9H,4,7H2,(H,18,19). The molecule has 0 aliphatic heterocycles. The monoisotopic (exact) mass is 262 g/mol. The van der Waals surface area contributed by atoms with Crippen molar-refractivity contribution in [2.75, 3.05) is 6.54 Å². The molecule has 1 aromatic heterocycles. The third-order valence-electron chi connectivity index (χ3n) is 2.61. The molecule has 0 fully saturated rings. The third kappa shape index (κ3) is 3.58. The smallest absolute Gasteiger partial charge is 0.254 e. The van der Waals surface area contributed by atoms with Gasteiger partial charge in [-0.25, -0.2) is 8.78 Å². The van der Waals surface area contributed by atoms with Crippen molar-refractivity contribution in [2.45, 2.75) is 6.42 Å². The molecule has 5 heteroatoms. The molecule has 19 heavy (non-hydrogen) atoms. The van der Waals surface area contributed by atoms with Gasteiger partial charge in [0.2, 0.25) is 0 Å². The molecule has 0 saturated heterocycles. The van der Waals surface area contributed by atoms with Gasteiger partial charge in [-0.3, -0.25) is 9.78 Å². The number of pyridine rings is 1. The van der Waals surface area contributed by atoms with Crippen LogP contribution in [0.5, 0.6) is 0 Å². The van der Waals surface area contributed by atoms with Gasteiger partial charge in [-0.1, -0.05) is 12.1 Å². The van der Waals surface area contributed by atoms with E-state index >= 15 is 0 Å². The van der Waals surface area contributed by atoms with Crippen molar-refractivity contribution < 1.29 is 13.6 Å². The second-order valence-electron chi connectivity index (χ2n) is 3.99. The highest BCUT2D eigenvalue weighted by Crippen LogP contribution is 2.05. The van der Waals surface area contributed by atoms with Crippen LogP contribution in [-0.4, -0.2) is 17.4 Å². The van der Waals surface area contributed by atoms with Crippen molar-refractivity contribution in [1.82, 2.24) is 10.3 Å². The number of aromatic nitrogens is 1. The summed E-state index contributed by atoms with van der Waals surface area (Å²) in [5.74, 6) is -1.48. The van der Waals surface area contributed by atoms with Crippen molar-refractivity contribution in [3.05, 3.63) is 65.5 Å². The van der Waals surface area contributed by atoms with Gasteiger partial charge < -0.3 is 5.32 Å². The predicted molar refractivity (Wildman–Crippen MR) is 66.6 cm³/mol. The summed E-state index contributed by atoms with van der Waals surface area (Å²) in [5.41, 5.74) is 0.727. The summed E-state index contributed by atoms with van der Waals surface area (Å²) in [4.78, 5) is 15.2. The fourth-order valence-electron chi connectivity index (χ4n) is 1.67. The molecule has 2 aromatic rings. The lowest BCUT2D eigenvalue weighted by Gasteiger charge is -2.06. The molecule has 0 spiro atoms. The molecule has 98 valence electrons. The van der Waals surface area contributed by atoms with Gasteiger partial charge in [0.1, 0.15) is 5.82 Å². The Labute approximate surface area is 109 Å². The van der Waals surface area contributed by atoms with E-state index in [4.69, 9.17) is 0 Å². The van der Waals surface area contributed by atoms with E-state index in [0.29, 0.717) is 13.0 Å². The number of hydrogen-bond acceptors (Lipinski definition) is 2. The van der Waals surface area contributed by atoms with E-state index in [-0.39, 0.29) is 11.4 Å². The van der Waals surface area contributed by atoms with E-state index in [1.807, 2.05) is 0 Å². The second-order valence-corrected chi connectivity index (χ2v) is 3.99. The summed E-state index contributed by atoms with van der Waals surface area (Å²) >= 11 is 0. The van der Waals surface area contributed by atoms with E-state index in [2.05, 4.69) is 10.3 Å². The highest BCUT2D eigenvalue weighted by molar-refractivity contribution is 5.94. The Morgan fingerprint density at radius 3 is 2.84 bits per heavy atom. The maximum atomic E-state index is 13.3. The van der Waals surface area contributed by atoms with E-state index in [1.54, 1.807) is 12.1 Å². The molecule has 2 rings (SSSR count). The fourth-order valence-corrected chi connectivity index (χ4v) is 1.67. The van der Waals surface area contributed by atoms with Crippen LogP contribution in [0.4, 0.5) is 8.78 Å². The molecule has 0 radical (unpaired) electrons. The number of amides is 1. The Kier molecular flexibility index (Phi) is 4.18. The van der Waals surface area contributed by atoms with Gasteiger partial charge in [0.15, 0.2) is 5.82 Å². The molecule has 0 atom stereocenters. The lowest BCUT2D eigenvalue weighted by atomic mass is 10.1. The van der Waals surface area contributed by atoms with E-state index < -0.39 is 11.7 Å². The molecule has 0 aliphatic carbocycles. The zero-order chi connectivity index (χ0) is 13.7. The molecular weight excluding hydrogens is 250 g/mol. The molecule has 0 aliphatic rings. The lowest BCUT2D eigenvalue weighted by molar-refractivity contribution is 0.0950. The highest BCUT2D eigenvalue weighted by Gasteiger charge is 2.10. The Morgan fingerprint density at radius 2 is 2.11 bits per heavy atom. The summed E-state index contributed by atoms with van der Waals surface area (Å²) < 4.78 is 26.2. The molecule has 1 aromatic carbocycles. The number of hydrogen-bond donors (Lipinski definition) is 1. The topological polar surface area (TPSA) is 42.0 Å². The first-order valence-electron chi connectivity index (χ1n) is 5.79. The Balaban J connectivity index is 1.90. The summed E-state index contributed by atoms with van der Waals surface area (Å²) in [6.07, 6.45) is 2.82. The number of nitrogens with zero attached hydrogens (tertiary/aromatic N) is 1. The molecule has 1 heterocycles. The number of nitrogens with one attached hydrogen (secondary N) is 1. The second kappa shape index (κ2) is 6.04. The van der Waals surface area contributed by atoms with Crippen molar-refractivity contribution in [1.29, 1.82) is 0 Å². The maximum absolute atomic E-state index is 13.3. The molecule has 1 N–H and O–H groups in total. The summed E-state index contributed by atoms with van der Waals surface area (Å²) in [7, 11) is 0. The van der Waals surface area contributed by atoms with Gasteiger partial charge in [0.25, 0.3) is 5.91 Å². The zero-order valence-electron chi connectivity index (χ0n) is 10.1. The van der Waals surface area contributed by atoms with E-state index in [1.165, 1.54) is 24.4 Å². The van der Waals surface area contributed by atoms with Crippen molar-refractivity contribution in [3.63, 3.8) is 0 Å². The van der Waals surface area contributed by atoms with Crippen LogP contribution in [0.2, 0.25) is 0 Å². The minimum atomic E-state index is -0.661. The van der Waals surface area contributed by atoms with Crippen LogP contribution in [0, 0.1) is 11.6 Å². The average molecular weight is 262 g/mol. The van der Waals surface area contributed by atoms with Gasteiger partial charge in [-0.2, -0.15) is 0 Å². The number of benzene rings is 1. The molecule has 1 amide bonds. The third-order valence-corrected chi connectivity index (χ3v) is 2.61. The predicted octanol–water partition coefficient (Wildman–Crippen LogP) is 2.33. The van der Waals surface area contributed by atoms with Crippen LogP contribution in [0.15, 0.2) is 42.7 Å². The first-order valence-corrected chi connectivity index (χ1v) is 5.79. The van der Waals surface area contributed by atoms with Crippen LogP contribution in [-0.2, 0) is 6.42 Å². The molecule has 0 bridgehead atoms. The summed E-state index contributed by atoms with van der Waals surface area (Å²) in [5, 5.41) is 2.58. The fraction of sp³-hybridized carbons (Fsp3) is 0.143. The van der Waals surface area contributed by atoms with Gasteiger partial charge in [-0.05, 0) is 30.2 Å².